The van der Waals surface area contributed by atoms with Crippen molar-refractivity contribution in [2.75, 3.05) is 0 Å². The van der Waals surface area contributed by atoms with E-state index in [1.807, 2.05) is 0 Å². The molecule has 0 saturated heterocycles. The second-order valence-corrected chi connectivity index (χ2v) is 2.65. The van der Waals surface area contributed by atoms with Gasteiger partial charge in [-0.05, 0) is 13.8 Å². The second kappa shape index (κ2) is 3.87. The van der Waals surface area contributed by atoms with E-state index in [2.05, 4.69) is 4.84 Å². The fourth-order valence-corrected chi connectivity index (χ4v) is 0.749. The van der Waals surface area contributed by atoms with Crippen molar-refractivity contribution in [2.45, 2.75) is 13.8 Å². The van der Waals surface area contributed by atoms with Gasteiger partial charge in [0.25, 0.3) is 11.8 Å². The van der Waals surface area contributed by atoms with Gasteiger partial charge in [-0.25, -0.2) is 4.79 Å². The van der Waals surface area contributed by atoms with Gasteiger partial charge in [-0.15, -0.1) is 0 Å². The van der Waals surface area contributed by atoms with Crippen molar-refractivity contribution < 1.29 is 19.2 Å². The summed E-state index contributed by atoms with van der Waals surface area (Å²) in [6, 6.07) is 0. The van der Waals surface area contributed by atoms with Gasteiger partial charge in [0.2, 0.25) is 0 Å². The lowest BCUT2D eigenvalue weighted by atomic mass is 10.3. The first-order chi connectivity index (χ1) is 6.56. The number of carbonyl (C=O) groups excluding carboxylic acids is 3. The molecule has 0 saturated carbocycles. The first-order valence-corrected chi connectivity index (χ1v) is 3.97. The van der Waals surface area contributed by atoms with Crippen molar-refractivity contribution in [3.05, 3.63) is 23.8 Å². The van der Waals surface area contributed by atoms with Gasteiger partial charge >= 0.3 is 5.97 Å². The molecule has 0 N–H and O–H groups in total. The molecule has 14 heavy (non-hydrogen) atoms. The lowest BCUT2D eigenvalue weighted by Crippen LogP contribution is -2.33. The number of hydroxylamine groups is 2. The number of carbonyl (C=O) groups is 3. The van der Waals surface area contributed by atoms with Gasteiger partial charge in [-0.1, -0.05) is 11.1 Å². The average molecular weight is 195 g/mol. The lowest BCUT2D eigenvalue weighted by Gasteiger charge is -2.12. The molecule has 2 amide bonds. The van der Waals surface area contributed by atoms with Crippen LogP contribution in [0.2, 0.25) is 0 Å². The first-order valence-electron chi connectivity index (χ1n) is 3.97. The highest BCUT2D eigenvalue weighted by Crippen LogP contribution is 2.07. The monoisotopic (exact) mass is 195 g/mol. The molecule has 0 aliphatic carbocycles. The van der Waals surface area contributed by atoms with Crippen molar-refractivity contribution >= 4 is 17.8 Å². The highest BCUT2D eigenvalue weighted by Gasteiger charge is 2.28. The maximum atomic E-state index is 11.2. The summed E-state index contributed by atoms with van der Waals surface area (Å²) >= 11 is 0. The van der Waals surface area contributed by atoms with Crippen LogP contribution in [0.25, 0.3) is 0 Å². The molecule has 5 heteroatoms. The number of rotatable bonds is 2. The largest absolute Gasteiger partial charge is 0.359 e. The fourth-order valence-electron chi connectivity index (χ4n) is 0.749. The zero-order chi connectivity index (χ0) is 10.7. The summed E-state index contributed by atoms with van der Waals surface area (Å²) < 4.78 is 0. The molecular weight excluding hydrogens is 186 g/mol. The molecule has 0 atom stereocenters. The molecule has 0 bridgehead atoms. The lowest BCUT2D eigenvalue weighted by molar-refractivity contribution is -0.193. The zero-order valence-corrected chi connectivity index (χ0v) is 7.81. The molecular formula is C9H9NO4. The highest BCUT2D eigenvalue weighted by atomic mass is 16.7. The van der Waals surface area contributed by atoms with E-state index in [9.17, 15) is 14.4 Å². The Hall–Kier alpha value is -1.91. The SMILES string of the molecule is C/C=C(\C)C(=O)ON1C(=O)C=CC1=O. The minimum Gasteiger partial charge on any atom is -0.325 e. The number of hydrogen-bond donors (Lipinski definition) is 0. The van der Waals surface area contributed by atoms with Crippen molar-refractivity contribution in [3.63, 3.8) is 0 Å². The van der Waals surface area contributed by atoms with Crippen LogP contribution in [0.15, 0.2) is 23.8 Å². The molecule has 0 aromatic rings. The van der Waals surface area contributed by atoms with E-state index < -0.39 is 17.8 Å². The summed E-state index contributed by atoms with van der Waals surface area (Å²) in [7, 11) is 0. The predicted molar refractivity (Wildman–Crippen MR) is 46.5 cm³/mol. The summed E-state index contributed by atoms with van der Waals surface area (Å²) in [5.74, 6) is -2.00. The molecule has 1 heterocycles. The van der Waals surface area contributed by atoms with Crippen LogP contribution >= 0.6 is 0 Å². The van der Waals surface area contributed by atoms with Crippen molar-refractivity contribution in [2.24, 2.45) is 0 Å². The van der Waals surface area contributed by atoms with E-state index in [4.69, 9.17) is 0 Å². The van der Waals surface area contributed by atoms with Gasteiger partial charge in [0.1, 0.15) is 0 Å². The van der Waals surface area contributed by atoms with Crippen molar-refractivity contribution in [1.82, 2.24) is 5.06 Å². The number of nitrogens with zero attached hydrogens (tertiary/aromatic N) is 1. The predicted octanol–water partition coefficient (Wildman–Crippen LogP) is 0.336. The highest BCUT2D eigenvalue weighted by molar-refractivity contribution is 6.12. The summed E-state index contributed by atoms with van der Waals surface area (Å²) in [4.78, 5) is 37.6. The second-order valence-electron chi connectivity index (χ2n) is 2.65. The van der Waals surface area contributed by atoms with Gasteiger partial charge in [0.05, 0.1) is 0 Å². The molecule has 5 nitrogen and oxygen atoms in total. The molecule has 74 valence electrons. The Balaban J connectivity index is 2.67. The van der Waals surface area contributed by atoms with Crippen LogP contribution in [0.3, 0.4) is 0 Å². The maximum Gasteiger partial charge on any atom is 0.359 e. The Labute approximate surface area is 80.6 Å². The van der Waals surface area contributed by atoms with Crippen molar-refractivity contribution in [3.8, 4) is 0 Å². The minimum atomic E-state index is -0.710. The topological polar surface area (TPSA) is 63.7 Å². The molecule has 0 radical (unpaired) electrons. The van der Waals surface area contributed by atoms with Crippen LogP contribution < -0.4 is 0 Å². The number of allylic oxidation sites excluding steroid dienone is 1. The van der Waals surface area contributed by atoms with E-state index in [0.29, 0.717) is 10.6 Å². The number of hydrogen-bond acceptors (Lipinski definition) is 4. The van der Waals surface area contributed by atoms with Gasteiger partial charge in [0, 0.05) is 17.7 Å². The van der Waals surface area contributed by atoms with Gasteiger partial charge < -0.3 is 4.84 Å². The Morgan fingerprint density at radius 1 is 1.36 bits per heavy atom. The van der Waals surface area contributed by atoms with Crippen LogP contribution in [-0.2, 0) is 19.2 Å². The van der Waals surface area contributed by atoms with Crippen LogP contribution in [0.4, 0.5) is 0 Å². The Bertz CT molecular complexity index is 336. The van der Waals surface area contributed by atoms with E-state index in [-0.39, 0.29) is 0 Å². The summed E-state index contributed by atoms with van der Waals surface area (Å²) in [5, 5.41) is 0.426. The number of imide groups is 1. The van der Waals surface area contributed by atoms with Crippen LogP contribution in [0, 0.1) is 0 Å². The van der Waals surface area contributed by atoms with Crippen LogP contribution in [-0.4, -0.2) is 22.8 Å². The molecule has 0 unspecified atom stereocenters. The third-order valence-electron chi connectivity index (χ3n) is 1.70. The molecule has 0 aromatic heterocycles. The van der Waals surface area contributed by atoms with Gasteiger partial charge in [0.15, 0.2) is 0 Å². The Morgan fingerprint density at radius 3 is 2.29 bits per heavy atom. The van der Waals surface area contributed by atoms with E-state index in [0.717, 1.165) is 12.2 Å². The fraction of sp³-hybridized carbons (Fsp3) is 0.222. The number of amides is 2. The standard InChI is InChI=1S/C9H9NO4/c1-3-6(2)9(13)14-10-7(11)4-5-8(10)12/h3-5H,1-2H3/b6-3+. The summed E-state index contributed by atoms with van der Waals surface area (Å²) in [5.41, 5.74) is 0.331. The molecule has 1 rings (SSSR count). The Morgan fingerprint density at radius 2 is 1.86 bits per heavy atom. The molecule has 1 aliphatic rings. The molecule has 0 aromatic carbocycles. The first kappa shape index (κ1) is 10.2. The molecule has 0 fully saturated rings. The average Bonchev–Trinajstić information content (AvgIpc) is 2.48. The smallest absolute Gasteiger partial charge is 0.325 e. The minimum absolute atomic E-state index is 0.331. The zero-order valence-electron chi connectivity index (χ0n) is 7.81. The van der Waals surface area contributed by atoms with E-state index in [1.165, 1.54) is 13.0 Å². The maximum absolute atomic E-state index is 11.2. The quantitative estimate of drug-likeness (QED) is 0.470. The van der Waals surface area contributed by atoms with Gasteiger partial charge in [-0.2, -0.15) is 0 Å². The Kier molecular flexibility index (Phi) is 2.81. The van der Waals surface area contributed by atoms with Crippen molar-refractivity contribution in [1.29, 1.82) is 0 Å². The van der Waals surface area contributed by atoms with E-state index >= 15 is 0 Å². The summed E-state index contributed by atoms with van der Waals surface area (Å²) in [6.07, 6.45) is 3.61. The third-order valence-corrected chi connectivity index (χ3v) is 1.70. The van der Waals surface area contributed by atoms with Crippen LogP contribution in [0.1, 0.15) is 13.8 Å². The molecule has 1 aliphatic heterocycles. The third kappa shape index (κ3) is 1.87. The van der Waals surface area contributed by atoms with E-state index in [1.54, 1.807) is 6.92 Å². The van der Waals surface area contributed by atoms with Crippen LogP contribution in [0.5, 0.6) is 0 Å². The summed E-state index contributed by atoms with van der Waals surface area (Å²) in [6.45, 7) is 3.18. The van der Waals surface area contributed by atoms with Gasteiger partial charge in [-0.3, -0.25) is 9.59 Å². The molecule has 0 spiro atoms. The normalized spacial score (nSPS) is 16.4.